The van der Waals surface area contributed by atoms with Crippen LogP contribution in [-0.4, -0.2) is 9.55 Å². The lowest BCUT2D eigenvalue weighted by molar-refractivity contribution is 0.821. The lowest BCUT2D eigenvalue weighted by Gasteiger charge is -2.15. The van der Waals surface area contributed by atoms with Crippen LogP contribution in [0.5, 0.6) is 0 Å². The molecule has 0 aliphatic rings. The standard InChI is InChI=1S/C23H21BrN2/c1-15-11-16(2)20(17(3)12-15)14-26-22-10-5-4-9-21(22)25-23(26)18-7-6-8-19(24)13-18/h4-13H,14H2,1-3H3. The average Bonchev–Trinajstić information content (AvgIpc) is 2.96. The quantitative estimate of drug-likeness (QED) is 0.384. The van der Waals surface area contributed by atoms with Crippen LogP contribution in [0.4, 0.5) is 0 Å². The van der Waals surface area contributed by atoms with E-state index in [1.807, 2.05) is 12.1 Å². The molecule has 0 spiro atoms. The van der Waals surface area contributed by atoms with Crippen LogP contribution in [0.25, 0.3) is 22.4 Å². The molecule has 130 valence electrons. The maximum atomic E-state index is 4.94. The summed E-state index contributed by atoms with van der Waals surface area (Å²) in [5, 5.41) is 0. The first-order chi connectivity index (χ1) is 12.5. The second kappa shape index (κ2) is 6.73. The van der Waals surface area contributed by atoms with E-state index in [0.717, 1.165) is 27.9 Å². The third-order valence-electron chi connectivity index (χ3n) is 4.89. The summed E-state index contributed by atoms with van der Waals surface area (Å²) < 4.78 is 3.40. The fraction of sp³-hybridized carbons (Fsp3) is 0.174. The molecule has 4 rings (SSSR count). The Kier molecular flexibility index (Phi) is 4.41. The topological polar surface area (TPSA) is 17.8 Å². The molecule has 3 heteroatoms. The Hall–Kier alpha value is -2.39. The highest BCUT2D eigenvalue weighted by atomic mass is 79.9. The summed E-state index contributed by atoms with van der Waals surface area (Å²) in [4.78, 5) is 4.94. The molecule has 26 heavy (non-hydrogen) atoms. The Morgan fingerprint density at radius 2 is 1.62 bits per heavy atom. The van der Waals surface area contributed by atoms with Crippen molar-refractivity contribution >= 4 is 27.0 Å². The van der Waals surface area contributed by atoms with Crippen molar-refractivity contribution in [3.8, 4) is 11.4 Å². The molecule has 1 heterocycles. The minimum Gasteiger partial charge on any atom is -0.319 e. The summed E-state index contributed by atoms with van der Waals surface area (Å²) in [6, 6.07) is 21.3. The highest BCUT2D eigenvalue weighted by Gasteiger charge is 2.15. The van der Waals surface area contributed by atoms with Crippen LogP contribution in [0.3, 0.4) is 0 Å². The van der Waals surface area contributed by atoms with Crippen LogP contribution in [-0.2, 0) is 6.54 Å². The molecule has 0 N–H and O–H groups in total. The normalized spacial score (nSPS) is 11.2. The number of para-hydroxylation sites is 2. The van der Waals surface area contributed by atoms with Crippen molar-refractivity contribution in [2.75, 3.05) is 0 Å². The van der Waals surface area contributed by atoms with Gasteiger partial charge in [-0.1, -0.05) is 57.9 Å². The zero-order chi connectivity index (χ0) is 18.3. The van der Waals surface area contributed by atoms with Crippen molar-refractivity contribution in [3.05, 3.63) is 87.4 Å². The van der Waals surface area contributed by atoms with Gasteiger partial charge in [0, 0.05) is 10.0 Å². The van der Waals surface area contributed by atoms with Gasteiger partial charge in [-0.25, -0.2) is 4.98 Å². The van der Waals surface area contributed by atoms with Crippen molar-refractivity contribution in [1.29, 1.82) is 0 Å². The highest BCUT2D eigenvalue weighted by Crippen LogP contribution is 2.29. The highest BCUT2D eigenvalue weighted by molar-refractivity contribution is 9.10. The van der Waals surface area contributed by atoms with Crippen molar-refractivity contribution in [3.63, 3.8) is 0 Å². The van der Waals surface area contributed by atoms with E-state index < -0.39 is 0 Å². The molecule has 0 fully saturated rings. The monoisotopic (exact) mass is 404 g/mol. The number of imidazole rings is 1. The molecule has 0 saturated heterocycles. The number of hydrogen-bond donors (Lipinski definition) is 0. The maximum absolute atomic E-state index is 4.94. The maximum Gasteiger partial charge on any atom is 0.141 e. The van der Waals surface area contributed by atoms with E-state index in [9.17, 15) is 0 Å². The fourth-order valence-corrected chi connectivity index (χ4v) is 4.10. The lowest BCUT2D eigenvalue weighted by Crippen LogP contribution is -2.06. The van der Waals surface area contributed by atoms with Gasteiger partial charge in [-0.3, -0.25) is 0 Å². The van der Waals surface area contributed by atoms with E-state index >= 15 is 0 Å². The first kappa shape index (κ1) is 17.0. The molecule has 0 aliphatic heterocycles. The number of aryl methyl sites for hydroxylation is 3. The summed E-state index contributed by atoms with van der Waals surface area (Å²) in [5.74, 6) is 1.01. The van der Waals surface area contributed by atoms with Gasteiger partial charge in [0.05, 0.1) is 17.6 Å². The summed E-state index contributed by atoms with van der Waals surface area (Å²) in [5.41, 5.74) is 8.67. The van der Waals surface area contributed by atoms with Crippen molar-refractivity contribution in [2.24, 2.45) is 0 Å². The van der Waals surface area contributed by atoms with Crippen LogP contribution >= 0.6 is 15.9 Å². The molecule has 0 atom stereocenters. The summed E-state index contributed by atoms with van der Waals surface area (Å²) in [6.45, 7) is 7.38. The van der Waals surface area contributed by atoms with Gasteiger partial charge in [0.25, 0.3) is 0 Å². The smallest absolute Gasteiger partial charge is 0.141 e. The van der Waals surface area contributed by atoms with Gasteiger partial charge in [0.15, 0.2) is 0 Å². The van der Waals surface area contributed by atoms with Crippen LogP contribution in [0.2, 0.25) is 0 Å². The van der Waals surface area contributed by atoms with Crippen molar-refractivity contribution in [2.45, 2.75) is 27.3 Å². The number of fused-ring (bicyclic) bond motifs is 1. The minimum atomic E-state index is 0.820. The molecule has 0 radical (unpaired) electrons. The molecule has 0 amide bonds. The molecule has 2 nitrogen and oxygen atoms in total. The summed E-state index contributed by atoms with van der Waals surface area (Å²) in [6.07, 6.45) is 0. The average molecular weight is 405 g/mol. The van der Waals surface area contributed by atoms with Gasteiger partial charge in [0.1, 0.15) is 5.82 Å². The van der Waals surface area contributed by atoms with Gasteiger partial charge < -0.3 is 4.57 Å². The molecular formula is C23H21BrN2. The van der Waals surface area contributed by atoms with E-state index in [1.54, 1.807) is 0 Å². The van der Waals surface area contributed by atoms with Crippen LogP contribution in [0.15, 0.2) is 65.1 Å². The largest absolute Gasteiger partial charge is 0.319 e. The second-order valence-electron chi connectivity index (χ2n) is 6.90. The summed E-state index contributed by atoms with van der Waals surface area (Å²) >= 11 is 3.59. The third kappa shape index (κ3) is 3.08. The van der Waals surface area contributed by atoms with E-state index in [1.165, 1.54) is 27.8 Å². The molecular weight excluding hydrogens is 384 g/mol. The third-order valence-corrected chi connectivity index (χ3v) is 5.39. The minimum absolute atomic E-state index is 0.820. The molecule has 0 saturated carbocycles. The zero-order valence-electron chi connectivity index (χ0n) is 15.3. The Balaban J connectivity index is 1.93. The predicted octanol–water partition coefficient (Wildman–Crippen LogP) is 6.44. The van der Waals surface area contributed by atoms with Gasteiger partial charge >= 0.3 is 0 Å². The van der Waals surface area contributed by atoms with E-state index in [2.05, 4.69) is 89.8 Å². The first-order valence-electron chi connectivity index (χ1n) is 8.81. The van der Waals surface area contributed by atoms with Gasteiger partial charge in [-0.15, -0.1) is 0 Å². The van der Waals surface area contributed by atoms with E-state index in [4.69, 9.17) is 4.98 Å². The molecule has 0 aliphatic carbocycles. The van der Waals surface area contributed by atoms with Crippen molar-refractivity contribution < 1.29 is 0 Å². The number of benzene rings is 3. The molecule has 0 bridgehead atoms. The Labute approximate surface area is 162 Å². The lowest BCUT2D eigenvalue weighted by atomic mass is 9.99. The molecule has 1 aromatic heterocycles. The Morgan fingerprint density at radius 3 is 2.35 bits per heavy atom. The fourth-order valence-electron chi connectivity index (χ4n) is 3.70. The number of nitrogens with zero attached hydrogens (tertiary/aromatic N) is 2. The SMILES string of the molecule is Cc1cc(C)c(Cn2c(-c3cccc(Br)c3)nc3ccccc32)c(C)c1. The summed E-state index contributed by atoms with van der Waals surface area (Å²) in [7, 11) is 0. The van der Waals surface area contributed by atoms with Crippen molar-refractivity contribution in [1.82, 2.24) is 9.55 Å². The number of hydrogen-bond acceptors (Lipinski definition) is 1. The Morgan fingerprint density at radius 1 is 0.885 bits per heavy atom. The van der Waals surface area contributed by atoms with Gasteiger partial charge in [-0.2, -0.15) is 0 Å². The zero-order valence-corrected chi connectivity index (χ0v) is 16.8. The van der Waals surface area contributed by atoms with E-state index in [0.29, 0.717) is 0 Å². The number of rotatable bonds is 3. The molecule has 3 aromatic carbocycles. The van der Waals surface area contributed by atoms with Crippen LogP contribution < -0.4 is 0 Å². The van der Waals surface area contributed by atoms with Gasteiger partial charge in [-0.05, 0) is 61.7 Å². The number of aromatic nitrogens is 2. The van der Waals surface area contributed by atoms with Gasteiger partial charge in [0.2, 0.25) is 0 Å². The van der Waals surface area contributed by atoms with Crippen LogP contribution in [0, 0.1) is 20.8 Å². The van der Waals surface area contributed by atoms with E-state index in [-0.39, 0.29) is 0 Å². The first-order valence-corrected chi connectivity index (χ1v) is 9.60. The van der Waals surface area contributed by atoms with Crippen LogP contribution in [0.1, 0.15) is 22.3 Å². The number of halogens is 1. The molecule has 0 unspecified atom stereocenters. The second-order valence-corrected chi connectivity index (χ2v) is 7.81. The Bertz CT molecular complexity index is 1090. The predicted molar refractivity (Wildman–Crippen MR) is 113 cm³/mol. The molecule has 4 aromatic rings.